The van der Waals surface area contributed by atoms with E-state index in [1.165, 1.54) is 38.5 Å². The van der Waals surface area contributed by atoms with Gasteiger partial charge in [0.05, 0.1) is 37.4 Å². The summed E-state index contributed by atoms with van der Waals surface area (Å²) >= 11 is 0. The molecule has 1 aliphatic heterocycles. The van der Waals surface area contributed by atoms with E-state index >= 15 is 0 Å². The van der Waals surface area contributed by atoms with Gasteiger partial charge in [-0.2, -0.15) is 17.0 Å². The van der Waals surface area contributed by atoms with Crippen molar-refractivity contribution in [3.8, 4) is 11.5 Å². The number of hydrogen-bond acceptors (Lipinski definition) is 10. The standard InChI is InChI=1S/C36H38N2O10S/c1-45-35(41)27-17-13-25(14-18-27)21-37-31(23-47-29-9-5-3-6-10-29)33(39)34(40)32(24-48-30-11-7-4-8-12-30)38(49(37,43)44)22-26-15-19-28(20-16-26)36(42)46-2/h3-20,31-34,39-40H,21-24H2,1-2H3/t31-,32-,33+,34+/m1/s1. The van der Waals surface area contributed by atoms with Gasteiger partial charge in [-0.15, -0.1) is 0 Å². The molecule has 258 valence electrons. The average Bonchev–Trinajstić information content (AvgIpc) is 3.18. The maximum Gasteiger partial charge on any atom is 0.337 e. The number of aliphatic hydroxyl groups is 2. The highest BCUT2D eigenvalue weighted by molar-refractivity contribution is 7.86. The van der Waals surface area contributed by atoms with Crippen LogP contribution in [0.15, 0.2) is 109 Å². The van der Waals surface area contributed by atoms with Gasteiger partial charge in [0.15, 0.2) is 0 Å². The van der Waals surface area contributed by atoms with E-state index in [4.69, 9.17) is 18.9 Å². The van der Waals surface area contributed by atoms with Crippen LogP contribution in [0.1, 0.15) is 31.8 Å². The van der Waals surface area contributed by atoms with Crippen LogP contribution in [0.5, 0.6) is 11.5 Å². The highest BCUT2D eigenvalue weighted by Crippen LogP contribution is 2.32. The maximum absolute atomic E-state index is 14.9. The maximum atomic E-state index is 14.9. The molecule has 12 nitrogen and oxygen atoms in total. The molecule has 0 aromatic heterocycles. The summed E-state index contributed by atoms with van der Waals surface area (Å²) in [5.41, 5.74) is 1.56. The minimum atomic E-state index is -4.53. The molecule has 5 rings (SSSR count). The van der Waals surface area contributed by atoms with Crippen molar-refractivity contribution < 1.29 is 47.2 Å². The highest BCUT2D eigenvalue weighted by atomic mass is 32.2. The third kappa shape index (κ3) is 8.45. The predicted molar refractivity (Wildman–Crippen MR) is 179 cm³/mol. The first kappa shape index (κ1) is 35.5. The number of carbonyl (C=O) groups excluding carboxylic acids is 2. The smallest absolute Gasteiger partial charge is 0.337 e. The van der Waals surface area contributed by atoms with E-state index in [2.05, 4.69) is 0 Å². The van der Waals surface area contributed by atoms with Crippen LogP contribution >= 0.6 is 0 Å². The van der Waals surface area contributed by atoms with Crippen LogP contribution in [0.2, 0.25) is 0 Å². The van der Waals surface area contributed by atoms with Crippen LogP contribution in [0.3, 0.4) is 0 Å². The lowest BCUT2D eigenvalue weighted by Crippen LogP contribution is -2.52. The summed E-state index contributed by atoms with van der Waals surface area (Å²) in [6.07, 6.45) is -3.24. The largest absolute Gasteiger partial charge is 0.492 e. The summed E-state index contributed by atoms with van der Waals surface area (Å²) in [6, 6.07) is 27.4. The lowest BCUT2D eigenvalue weighted by atomic mass is 9.99. The molecule has 1 saturated heterocycles. The molecule has 49 heavy (non-hydrogen) atoms. The van der Waals surface area contributed by atoms with Gasteiger partial charge < -0.3 is 29.2 Å². The van der Waals surface area contributed by atoms with Crippen LogP contribution < -0.4 is 9.47 Å². The number of nitrogens with zero attached hydrogens (tertiary/aromatic N) is 2. The van der Waals surface area contributed by atoms with Crippen molar-refractivity contribution in [2.75, 3.05) is 27.4 Å². The van der Waals surface area contributed by atoms with Crippen molar-refractivity contribution in [1.82, 2.24) is 8.61 Å². The number of rotatable bonds is 12. The number of methoxy groups -OCH3 is 2. The van der Waals surface area contributed by atoms with E-state index in [-0.39, 0.29) is 37.4 Å². The number of carbonyl (C=O) groups is 2. The topological polar surface area (TPSA) is 152 Å². The third-order valence-electron chi connectivity index (χ3n) is 8.23. The Kier molecular flexibility index (Phi) is 11.6. The Labute approximate surface area is 285 Å². The fourth-order valence-electron chi connectivity index (χ4n) is 5.52. The number of para-hydroxylation sites is 2. The zero-order valence-electron chi connectivity index (χ0n) is 27.0. The number of esters is 2. The molecular weight excluding hydrogens is 652 g/mol. The van der Waals surface area contributed by atoms with Crippen LogP contribution in [0.25, 0.3) is 0 Å². The van der Waals surface area contributed by atoms with Gasteiger partial charge in [-0.1, -0.05) is 60.7 Å². The molecule has 4 atom stereocenters. The number of ether oxygens (including phenoxy) is 4. The van der Waals surface area contributed by atoms with Crippen molar-refractivity contribution in [3.05, 3.63) is 131 Å². The molecular formula is C36H38N2O10S. The van der Waals surface area contributed by atoms with Gasteiger partial charge in [0.1, 0.15) is 36.9 Å². The molecule has 1 fully saturated rings. The average molecular weight is 691 g/mol. The van der Waals surface area contributed by atoms with E-state index in [9.17, 15) is 28.2 Å². The van der Waals surface area contributed by atoms with Crippen molar-refractivity contribution in [2.24, 2.45) is 0 Å². The first-order valence-electron chi connectivity index (χ1n) is 15.5. The third-order valence-corrected chi connectivity index (χ3v) is 10.2. The summed E-state index contributed by atoms with van der Waals surface area (Å²) < 4.78 is 53.5. The molecule has 0 aliphatic carbocycles. The van der Waals surface area contributed by atoms with Gasteiger partial charge in [-0.05, 0) is 59.7 Å². The van der Waals surface area contributed by atoms with Gasteiger partial charge in [0, 0.05) is 13.1 Å². The summed E-state index contributed by atoms with van der Waals surface area (Å²) in [5.74, 6) is -0.209. The zero-order valence-corrected chi connectivity index (χ0v) is 27.8. The summed E-state index contributed by atoms with van der Waals surface area (Å²) in [6.45, 7) is -1.06. The quantitative estimate of drug-likeness (QED) is 0.212. The summed E-state index contributed by atoms with van der Waals surface area (Å²) in [7, 11) is -2.00. The van der Waals surface area contributed by atoms with Gasteiger partial charge in [0.2, 0.25) is 0 Å². The van der Waals surface area contributed by atoms with Crippen molar-refractivity contribution in [1.29, 1.82) is 0 Å². The van der Waals surface area contributed by atoms with Crippen LogP contribution in [-0.2, 0) is 32.8 Å². The Morgan fingerprint density at radius 3 is 1.27 bits per heavy atom. The van der Waals surface area contributed by atoms with Crippen LogP contribution in [0, 0.1) is 0 Å². The SMILES string of the molecule is COC(=O)c1ccc(CN2[C@H](COc3ccccc3)[C@H](O)[C@@H](O)[C@@H](COc3ccccc3)N(Cc3ccc(C(=O)OC)cc3)S2(=O)=O)cc1. The molecule has 0 spiro atoms. The Hall–Kier alpha value is -4.79. The summed E-state index contributed by atoms with van der Waals surface area (Å²) in [4.78, 5) is 24.1. The molecule has 0 amide bonds. The van der Waals surface area contributed by atoms with Crippen molar-refractivity contribution in [3.63, 3.8) is 0 Å². The Morgan fingerprint density at radius 1 is 0.592 bits per heavy atom. The monoisotopic (exact) mass is 690 g/mol. The molecule has 0 saturated carbocycles. The van der Waals surface area contributed by atoms with E-state index in [0.29, 0.717) is 22.6 Å². The van der Waals surface area contributed by atoms with E-state index in [1.54, 1.807) is 84.9 Å². The molecule has 1 heterocycles. The first-order chi connectivity index (χ1) is 23.6. The second-order valence-electron chi connectivity index (χ2n) is 11.3. The lowest BCUT2D eigenvalue weighted by Gasteiger charge is -2.34. The minimum absolute atomic E-state index is 0.236. The zero-order chi connectivity index (χ0) is 35.0. The Bertz CT molecular complexity index is 1660. The second-order valence-corrected chi connectivity index (χ2v) is 13.2. The Morgan fingerprint density at radius 2 is 0.939 bits per heavy atom. The van der Waals surface area contributed by atoms with Crippen LogP contribution in [-0.4, -0.2) is 90.9 Å². The minimum Gasteiger partial charge on any atom is -0.492 e. The predicted octanol–water partition coefficient (Wildman–Crippen LogP) is 3.44. The summed E-state index contributed by atoms with van der Waals surface area (Å²) in [5, 5.41) is 23.5. The fourth-order valence-corrected chi connectivity index (χ4v) is 7.47. The van der Waals surface area contributed by atoms with Gasteiger partial charge in [0.25, 0.3) is 10.2 Å². The number of aliphatic hydroxyl groups excluding tert-OH is 2. The van der Waals surface area contributed by atoms with Crippen molar-refractivity contribution >= 4 is 22.1 Å². The normalized spacial score (nSPS) is 20.9. The highest BCUT2D eigenvalue weighted by Gasteiger charge is 2.51. The molecule has 1 aliphatic rings. The van der Waals surface area contributed by atoms with E-state index in [0.717, 1.165) is 8.61 Å². The van der Waals surface area contributed by atoms with E-state index < -0.39 is 46.4 Å². The molecule has 2 N–H and O–H groups in total. The molecule has 0 bridgehead atoms. The number of hydrogen-bond donors (Lipinski definition) is 2. The molecule has 0 unspecified atom stereocenters. The fraction of sp³-hybridized carbons (Fsp3) is 0.278. The Balaban J connectivity index is 1.57. The molecule has 13 heteroatoms. The molecule has 0 radical (unpaired) electrons. The number of benzene rings is 4. The molecule has 4 aromatic rings. The van der Waals surface area contributed by atoms with Crippen molar-refractivity contribution in [2.45, 2.75) is 37.4 Å². The molecule has 4 aromatic carbocycles. The van der Waals surface area contributed by atoms with Gasteiger partial charge >= 0.3 is 11.9 Å². The van der Waals surface area contributed by atoms with Crippen LogP contribution in [0.4, 0.5) is 0 Å². The second kappa shape index (κ2) is 16.1. The lowest BCUT2D eigenvalue weighted by molar-refractivity contribution is -0.0565. The van der Waals surface area contributed by atoms with E-state index in [1.807, 2.05) is 0 Å². The van der Waals surface area contributed by atoms with Gasteiger partial charge in [-0.3, -0.25) is 0 Å². The first-order valence-corrected chi connectivity index (χ1v) is 16.9. The van der Waals surface area contributed by atoms with Gasteiger partial charge in [-0.25, -0.2) is 9.59 Å².